The molecule has 2 rings (SSSR count). The molecular weight excluding hydrogens is 251 g/mol. The van der Waals surface area contributed by atoms with Crippen molar-refractivity contribution in [2.24, 2.45) is 0 Å². The molecule has 0 saturated heterocycles. The van der Waals surface area contributed by atoms with Gasteiger partial charge in [0.15, 0.2) is 11.6 Å². The van der Waals surface area contributed by atoms with Gasteiger partial charge < -0.3 is 14.3 Å². The van der Waals surface area contributed by atoms with E-state index in [1.807, 2.05) is 0 Å². The Labute approximate surface area is 100 Å². The Bertz CT molecular complexity index is 564. The van der Waals surface area contributed by atoms with Gasteiger partial charge in [-0.25, -0.2) is 9.18 Å². The zero-order valence-electron chi connectivity index (χ0n) is 8.31. The van der Waals surface area contributed by atoms with Crippen molar-refractivity contribution in [3.8, 4) is 11.7 Å². The molecule has 6 heteroatoms. The summed E-state index contributed by atoms with van der Waals surface area (Å²) < 4.78 is 23.3. The average Bonchev–Trinajstić information content (AvgIpc) is 2.73. The van der Waals surface area contributed by atoms with Gasteiger partial charge in [-0.05, 0) is 18.2 Å². The van der Waals surface area contributed by atoms with Crippen molar-refractivity contribution >= 4 is 17.6 Å². The molecule has 1 N–H and O–H groups in total. The second kappa shape index (κ2) is 4.47. The van der Waals surface area contributed by atoms with E-state index in [9.17, 15) is 9.18 Å². The van der Waals surface area contributed by atoms with Crippen molar-refractivity contribution in [3.63, 3.8) is 0 Å². The summed E-state index contributed by atoms with van der Waals surface area (Å²) in [6, 6.07) is 6.71. The molecule has 0 radical (unpaired) electrons. The van der Waals surface area contributed by atoms with Crippen molar-refractivity contribution in [1.29, 1.82) is 0 Å². The lowest BCUT2D eigenvalue weighted by molar-refractivity contribution is 0.0657. The molecule has 0 unspecified atom stereocenters. The Hall–Kier alpha value is -2.01. The van der Waals surface area contributed by atoms with Crippen LogP contribution in [-0.4, -0.2) is 11.1 Å². The molecule has 0 aliphatic heterocycles. The zero-order chi connectivity index (χ0) is 12.4. The summed E-state index contributed by atoms with van der Waals surface area (Å²) in [5.74, 6) is -2.51. The molecule has 4 nitrogen and oxygen atoms in total. The topological polar surface area (TPSA) is 59.7 Å². The normalized spacial score (nSPS) is 10.2. The van der Waals surface area contributed by atoms with E-state index in [0.717, 1.165) is 0 Å². The van der Waals surface area contributed by atoms with E-state index in [-0.39, 0.29) is 22.5 Å². The Morgan fingerprint density at radius 1 is 1.35 bits per heavy atom. The number of aromatic carboxylic acids is 1. The van der Waals surface area contributed by atoms with E-state index in [2.05, 4.69) is 0 Å². The fourth-order valence-electron chi connectivity index (χ4n) is 1.16. The minimum absolute atomic E-state index is 0.0903. The number of carboxylic acids is 1. The Kier molecular flexibility index (Phi) is 3.01. The van der Waals surface area contributed by atoms with Gasteiger partial charge in [0.2, 0.25) is 5.76 Å². The lowest BCUT2D eigenvalue weighted by Gasteiger charge is -2.03. The van der Waals surface area contributed by atoms with Crippen LogP contribution in [0.5, 0.6) is 11.7 Å². The second-order valence-corrected chi connectivity index (χ2v) is 3.49. The molecular formula is C11H6ClFO4. The number of carboxylic acid groups (broad SMARTS) is 1. The Balaban J connectivity index is 2.25. The molecule has 1 aromatic heterocycles. The van der Waals surface area contributed by atoms with Gasteiger partial charge >= 0.3 is 5.97 Å². The monoisotopic (exact) mass is 256 g/mol. The first-order chi connectivity index (χ1) is 8.08. The van der Waals surface area contributed by atoms with Crippen molar-refractivity contribution < 1.29 is 23.4 Å². The number of hydrogen-bond acceptors (Lipinski definition) is 3. The fourth-order valence-corrected chi connectivity index (χ4v) is 1.33. The summed E-state index contributed by atoms with van der Waals surface area (Å²) in [4.78, 5) is 10.5. The maximum absolute atomic E-state index is 13.4. The number of rotatable bonds is 3. The first-order valence-electron chi connectivity index (χ1n) is 4.53. The van der Waals surface area contributed by atoms with Crippen LogP contribution in [0.4, 0.5) is 4.39 Å². The molecule has 2 aromatic rings. The summed E-state index contributed by atoms with van der Waals surface area (Å²) in [5, 5.41) is 8.53. The van der Waals surface area contributed by atoms with Crippen LogP contribution in [0.15, 0.2) is 34.7 Å². The van der Waals surface area contributed by atoms with Crippen LogP contribution < -0.4 is 4.74 Å². The van der Waals surface area contributed by atoms with Crippen molar-refractivity contribution in [2.45, 2.75) is 0 Å². The Morgan fingerprint density at radius 2 is 2.12 bits per heavy atom. The van der Waals surface area contributed by atoms with Crippen LogP contribution >= 0.6 is 11.6 Å². The highest BCUT2D eigenvalue weighted by Gasteiger charge is 2.13. The molecule has 0 atom stereocenters. The number of ether oxygens (including phenoxy) is 1. The number of halogens is 2. The quantitative estimate of drug-likeness (QED) is 0.912. The van der Waals surface area contributed by atoms with Crippen LogP contribution in [0.3, 0.4) is 0 Å². The third-order valence-electron chi connectivity index (χ3n) is 1.92. The van der Waals surface area contributed by atoms with Crippen molar-refractivity contribution in [1.82, 2.24) is 0 Å². The second-order valence-electron chi connectivity index (χ2n) is 3.08. The van der Waals surface area contributed by atoms with Gasteiger partial charge in [-0.15, -0.1) is 0 Å². The lowest BCUT2D eigenvalue weighted by atomic mass is 10.3. The number of furan rings is 1. The minimum atomic E-state index is -1.23. The van der Waals surface area contributed by atoms with Gasteiger partial charge in [-0.2, -0.15) is 0 Å². The van der Waals surface area contributed by atoms with Gasteiger partial charge in [-0.1, -0.05) is 17.7 Å². The first-order valence-corrected chi connectivity index (χ1v) is 4.90. The van der Waals surface area contributed by atoms with Gasteiger partial charge in [0.25, 0.3) is 5.95 Å². The van der Waals surface area contributed by atoms with Crippen LogP contribution in [0.25, 0.3) is 0 Å². The summed E-state index contributed by atoms with van der Waals surface area (Å²) in [6.07, 6.45) is 0. The van der Waals surface area contributed by atoms with Crippen LogP contribution in [0, 0.1) is 5.82 Å². The fraction of sp³-hybridized carbons (Fsp3) is 0. The summed E-state index contributed by atoms with van der Waals surface area (Å²) in [5.41, 5.74) is 0. The standard InChI is InChI=1S/C11H6ClFO4/c12-6-2-1-3-7(10(6)13)16-9-5-4-8(17-9)11(14)15/h1-5H,(H,14,15). The average molecular weight is 257 g/mol. The highest BCUT2D eigenvalue weighted by Crippen LogP contribution is 2.29. The molecule has 0 saturated carbocycles. The lowest BCUT2D eigenvalue weighted by Crippen LogP contribution is -1.92. The first kappa shape index (κ1) is 11.5. The highest BCUT2D eigenvalue weighted by atomic mass is 35.5. The number of carbonyl (C=O) groups is 1. The molecule has 17 heavy (non-hydrogen) atoms. The zero-order valence-corrected chi connectivity index (χ0v) is 9.07. The van der Waals surface area contributed by atoms with Crippen molar-refractivity contribution in [2.75, 3.05) is 0 Å². The van der Waals surface area contributed by atoms with E-state index in [1.165, 1.54) is 30.3 Å². The number of benzene rings is 1. The van der Waals surface area contributed by atoms with E-state index in [0.29, 0.717) is 0 Å². The maximum Gasteiger partial charge on any atom is 0.371 e. The third kappa shape index (κ3) is 2.39. The number of hydrogen-bond donors (Lipinski definition) is 1. The summed E-state index contributed by atoms with van der Waals surface area (Å²) in [6.45, 7) is 0. The van der Waals surface area contributed by atoms with Crippen molar-refractivity contribution in [3.05, 3.63) is 46.9 Å². The van der Waals surface area contributed by atoms with Gasteiger partial charge in [0.1, 0.15) is 0 Å². The smallest absolute Gasteiger partial charge is 0.371 e. The molecule has 0 bridgehead atoms. The molecule has 0 fully saturated rings. The molecule has 1 heterocycles. The predicted molar refractivity (Wildman–Crippen MR) is 57.2 cm³/mol. The molecule has 0 aliphatic rings. The molecule has 0 amide bonds. The molecule has 1 aromatic carbocycles. The van der Waals surface area contributed by atoms with E-state index in [1.54, 1.807) is 0 Å². The van der Waals surface area contributed by atoms with Gasteiger partial charge in [0, 0.05) is 6.07 Å². The largest absolute Gasteiger partial charge is 0.475 e. The van der Waals surface area contributed by atoms with E-state index >= 15 is 0 Å². The summed E-state index contributed by atoms with van der Waals surface area (Å²) in [7, 11) is 0. The van der Waals surface area contributed by atoms with Crippen LogP contribution in [-0.2, 0) is 0 Å². The minimum Gasteiger partial charge on any atom is -0.475 e. The van der Waals surface area contributed by atoms with Crippen LogP contribution in [0.1, 0.15) is 10.6 Å². The van der Waals surface area contributed by atoms with E-state index in [4.69, 9.17) is 25.9 Å². The Morgan fingerprint density at radius 3 is 2.76 bits per heavy atom. The predicted octanol–water partition coefficient (Wildman–Crippen LogP) is 3.56. The maximum atomic E-state index is 13.4. The van der Waals surface area contributed by atoms with E-state index < -0.39 is 11.8 Å². The molecule has 0 aliphatic carbocycles. The van der Waals surface area contributed by atoms with Gasteiger partial charge in [0.05, 0.1) is 5.02 Å². The SMILES string of the molecule is O=C(O)c1ccc(Oc2cccc(Cl)c2F)o1. The third-order valence-corrected chi connectivity index (χ3v) is 2.21. The van der Waals surface area contributed by atoms with Gasteiger partial charge in [-0.3, -0.25) is 0 Å². The highest BCUT2D eigenvalue weighted by molar-refractivity contribution is 6.30. The van der Waals surface area contributed by atoms with Crippen LogP contribution in [0.2, 0.25) is 5.02 Å². The molecule has 88 valence electrons. The summed E-state index contributed by atoms with van der Waals surface area (Å²) >= 11 is 5.56. The molecule has 0 spiro atoms.